The zero-order valence-corrected chi connectivity index (χ0v) is 88.0. The number of anilines is 3. The minimum absolute atomic E-state index is 0. The SMILES string of the molecule is C.CC#C[C@]1(O)CC[C@H]2[C@@H]3CCC4=CC(=O)CC[C@]4(C)[C@H]3[C@@H](c3ccc(N4CCOCC4)cc3)C[C@@]21C.CC#C[C@]1(O)CC[C@H]2[C@@H]3CCC4=CC(=O)CC[C@]4(C)[C@H]3[C@@H](c3ccc(N4CCS(=O)(=O)CC4)cc3)C[C@@]21C.CC#C[C@]1(O)CC[C@H]2[C@@H]3CCC4=CC(=O)CC[C@]4(C)[C@H]3[C@H](c3ccc(N(C)C)cc3)C[C@@]21C.CC#C[C@]1(O)CC[C@H]2[C@@H]3CCC4=CC(=O)CC[C@]4(C)[C@H]3[C@H](c3cccc(C(C)C)c3)C[C@@]21C. The molecule has 0 spiro atoms. The molecule has 0 aromatic heterocycles. The average molecular weight is 1930 g/mol. The van der Waals surface area contributed by atoms with Crippen LogP contribution in [0.25, 0.3) is 0 Å². The van der Waals surface area contributed by atoms with Crippen molar-refractivity contribution in [1.29, 1.82) is 0 Å². The van der Waals surface area contributed by atoms with Crippen molar-refractivity contribution >= 4 is 50.0 Å². The summed E-state index contributed by atoms with van der Waals surface area (Å²) in [7, 11) is 1.24. The van der Waals surface area contributed by atoms with Crippen molar-refractivity contribution in [2.45, 2.75) is 336 Å². The van der Waals surface area contributed by atoms with Gasteiger partial charge in [-0.25, -0.2) is 8.42 Å². The summed E-state index contributed by atoms with van der Waals surface area (Å²) >= 11 is 0. The van der Waals surface area contributed by atoms with Gasteiger partial charge in [-0.2, -0.15) is 0 Å². The third kappa shape index (κ3) is 17.2. The van der Waals surface area contributed by atoms with Gasteiger partial charge >= 0.3 is 0 Å². The quantitative estimate of drug-likeness (QED) is 0.121. The Bertz CT molecular complexity index is 6000. The van der Waals surface area contributed by atoms with Crippen molar-refractivity contribution in [3.63, 3.8) is 0 Å². The predicted molar refractivity (Wildman–Crippen MR) is 568 cm³/mol. The van der Waals surface area contributed by atoms with Gasteiger partial charge in [-0.15, -0.1) is 23.7 Å². The minimum Gasteiger partial charge on any atom is -0.378 e. The molecule has 22 rings (SSSR count). The van der Waals surface area contributed by atoms with E-state index in [0.717, 1.165) is 186 Å². The lowest BCUT2D eigenvalue weighted by Crippen LogP contribution is -2.57. The molecule has 14 nitrogen and oxygen atoms in total. The molecule has 0 bridgehead atoms. The molecule has 2 heterocycles. The van der Waals surface area contributed by atoms with Gasteiger partial charge in [0.2, 0.25) is 0 Å². The topological polar surface area (TPSA) is 202 Å². The summed E-state index contributed by atoms with van der Waals surface area (Å²) in [5, 5.41) is 47.5. The molecule has 0 amide bonds. The number of hydrogen-bond acceptors (Lipinski definition) is 14. The molecule has 4 aromatic rings. The van der Waals surface area contributed by atoms with Gasteiger partial charge in [0.15, 0.2) is 33.0 Å². The van der Waals surface area contributed by atoms with E-state index >= 15 is 0 Å². The number of carbonyl (C=O) groups excluding carboxylic acids is 4. The molecule has 2 aliphatic heterocycles. The summed E-state index contributed by atoms with van der Waals surface area (Å²) in [4.78, 5) is 56.3. The van der Waals surface area contributed by atoms with E-state index in [4.69, 9.17) is 4.74 Å². The molecular formula is C126H165N3O11S. The van der Waals surface area contributed by atoms with E-state index in [-0.39, 0.29) is 74.0 Å². The van der Waals surface area contributed by atoms with Gasteiger partial charge in [-0.1, -0.05) is 183 Å². The third-order valence-corrected chi connectivity index (χ3v) is 44.8. The largest absolute Gasteiger partial charge is 0.378 e. The number of hydrogen-bond donors (Lipinski definition) is 4. The van der Waals surface area contributed by atoms with Crippen molar-refractivity contribution in [3.05, 3.63) is 171 Å². The van der Waals surface area contributed by atoms with Crippen LogP contribution in [0, 0.1) is 162 Å². The number of nitrogens with zero attached hydrogens (tertiary/aromatic N) is 3. The van der Waals surface area contributed by atoms with Gasteiger partial charge in [-0.05, 0) is 393 Å². The highest BCUT2D eigenvalue weighted by Gasteiger charge is 2.72. The molecule has 4 aromatic carbocycles. The van der Waals surface area contributed by atoms with Gasteiger partial charge in [0, 0.05) is 105 Å². The Hall–Kier alpha value is -8.09. The van der Waals surface area contributed by atoms with Crippen LogP contribution in [0.2, 0.25) is 0 Å². The number of benzene rings is 4. The standard InChI is InChI=1S/C32H41NO4S.C32H41NO3.C31H40O2.C30H39NO2.CH4/c1-4-13-32(35)15-12-28-26-10-7-23-20-25(34)11-14-30(23,2)29(26)27(21-31(28,32)3)22-5-8-24(9-6-22)33-16-18-38(36,37)19-17-33;1-4-13-32(35)15-12-28-26-10-7-23-20-25(34)11-14-30(23,2)29(26)27(21-31(28,32)3)22-5-8-24(9-6-22)33-16-18-36-19-17-33;1-6-14-31(33)16-13-27-25-11-10-23-18-24(32)12-15-29(23,4)28(25)26(19-30(27,31)5)22-9-7-8-21(17-22)20(2)3;1-6-15-30(33)17-14-26-24-12-9-21-18-23(32)13-16-28(21,2)27(24)25(19-29(26,30)3)20-7-10-22(11-8-20)31(4)5;/h5-6,8-9,20,26-29,35H,7,10-12,14-19,21H2,1-3H3;5-6,8-9,20,26-29,35H,7,10-12,14-19,21H2,1-3H3;7-9,17-18,20,25-28,33H,10-13,15-16,19H2,1-5H3;7-8,10-11,18,24-27,33H,9,12-14,16-17,19H2,1-5H3;1H4/t2*26-,27+,28-,29+,30-,31-,32-;25-,26-,27-,28+,29-,30-,31-;24-,25-,26-,27+,28-,29-,30-;/m0000./s1. The van der Waals surface area contributed by atoms with Gasteiger partial charge in [0.25, 0.3) is 0 Å². The van der Waals surface area contributed by atoms with Crippen LogP contribution >= 0.6 is 0 Å². The van der Waals surface area contributed by atoms with E-state index in [9.17, 15) is 48.0 Å². The minimum atomic E-state index is -2.92. The second kappa shape index (κ2) is 38.3. The molecule has 12 saturated carbocycles. The highest BCUT2D eigenvalue weighted by Crippen LogP contribution is 2.77. The highest BCUT2D eigenvalue weighted by molar-refractivity contribution is 7.91. The van der Waals surface area contributed by atoms with Gasteiger partial charge < -0.3 is 39.9 Å². The predicted octanol–water partition coefficient (Wildman–Crippen LogP) is 23.6. The van der Waals surface area contributed by atoms with E-state index in [1.807, 2.05) is 52.0 Å². The Morgan fingerprint density at radius 3 is 0.943 bits per heavy atom. The van der Waals surface area contributed by atoms with Crippen molar-refractivity contribution in [2.24, 2.45) is 114 Å². The molecule has 0 radical (unpaired) electrons. The third-order valence-electron chi connectivity index (χ3n) is 43.2. The van der Waals surface area contributed by atoms with Gasteiger partial charge in [-0.3, -0.25) is 19.2 Å². The lowest BCUT2D eigenvalue weighted by Gasteiger charge is -2.61. The first-order valence-electron chi connectivity index (χ1n) is 54.5. The van der Waals surface area contributed by atoms with Crippen molar-refractivity contribution < 1.29 is 52.8 Å². The Morgan fingerprint density at radius 2 is 0.660 bits per heavy atom. The monoisotopic (exact) mass is 1930 g/mol. The Kier molecular flexibility index (Phi) is 28.0. The van der Waals surface area contributed by atoms with E-state index in [2.05, 4.69) is 242 Å². The van der Waals surface area contributed by atoms with E-state index < -0.39 is 32.2 Å². The molecule has 4 N–H and O–H groups in total. The molecule has 18 aliphatic rings. The van der Waals surface area contributed by atoms with E-state index in [0.29, 0.717) is 151 Å². The first-order chi connectivity index (χ1) is 66.5. The molecule has 141 heavy (non-hydrogen) atoms. The molecule has 14 fully saturated rings. The maximum atomic E-state index is 12.4. The number of allylic oxidation sites excluding steroid dienone is 4. The maximum absolute atomic E-state index is 12.4. The van der Waals surface area contributed by atoms with Gasteiger partial charge in [0.1, 0.15) is 22.4 Å². The van der Waals surface area contributed by atoms with Gasteiger partial charge in [0.05, 0.1) is 24.7 Å². The summed E-state index contributed by atoms with van der Waals surface area (Å²) in [6, 6.07) is 36.5. The molecule has 0 unspecified atom stereocenters. The molecule has 2 saturated heterocycles. The molecule has 15 heteroatoms. The van der Waals surface area contributed by atoms with Crippen LogP contribution in [0.4, 0.5) is 17.1 Å². The highest BCUT2D eigenvalue weighted by atomic mass is 32.2. The lowest BCUT2D eigenvalue weighted by molar-refractivity contribution is -0.122. The molecule has 28 atom stereocenters. The van der Waals surface area contributed by atoms with Crippen molar-refractivity contribution in [3.8, 4) is 47.4 Å². The fourth-order valence-corrected chi connectivity index (χ4v) is 37.0. The van der Waals surface area contributed by atoms with Crippen LogP contribution in [0.15, 0.2) is 144 Å². The fraction of sp³-hybridized carbons (Fsp3) is 0.651. The van der Waals surface area contributed by atoms with Crippen LogP contribution < -0.4 is 14.7 Å². The van der Waals surface area contributed by atoms with E-state index in [1.165, 1.54) is 61.5 Å². The number of fused-ring (bicyclic) bond motifs is 20. The summed E-state index contributed by atoms with van der Waals surface area (Å²) in [6.45, 7) is 35.5. The van der Waals surface area contributed by atoms with Crippen molar-refractivity contribution in [2.75, 3.05) is 79.7 Å². The number of carbonyl (C=O) groups is 4. The molecular weight excluding hydrogens is 1760 g/mol. The first kappa shape index (κ1) is 103. The fourth-order valence-electron chi connectivity index (χ4n) is 35.8. The van der Waals surface area contributed by atoms with Crippen LogP contribution in [-0.4, -0.2) is 139 Å². The van der Waals surface area contributed by atoms with Crippen LogP contribution in [-0.2, 0) is 33.8 Å². The number of rotatable bonds is 8. The second-order valence-electron chi connectivity index (χ2n) is 49.8. The smallest absolute Gasteiger partial charge is 0.155 e. The van der Waals surface area contributed by atoms with E-state index in [1.54, 1.807) is 0 Å². The molecule has 756 valence electrons. The first-order valence-corrected chi connectivity index (χ1v) is 56.3. The van der Waals surface area contributed by atoms with Crippen LogP contribution in [0.5, 0.6) is 0 Å². The second-order valence-corrected chi connectivity index (χ2v) is 52.1. The Morgan fingerprint density at radius 1 is 0.376 bits per heavy atom. The Balaban J connectivity index is 0.000000124. The number of aliphatic hydroxyl groups is 4. The normalized spacial score (nSPS) is 41.6. The summed E-state index contributed by atoms with van der Waals surface area (Å²) < 4.78 is 29.4. The number of ketones is 4. The molecule has 16 aliphatic carbocycles. The summed E-state index contributed by atoms with van der Waals surface area (Å²) in [5.74, 6) is 34.8. The summed E-state index contributed by atoms with van der Waals surface area (Å²) in [5.41, 5.74) is 11.6. The number of morpholine rings is 1. The zero-order chi connectivity index (χ0) is 99.2. The maximum Gasteiger partial charge on any atom is 0.155 e. The Labute approximate surface area is 846 Å². The van der Waals surface area contributed by atoms with Crippen molar-refractivity contribution in [1.82, 2.24) is 0 Å². The van der Waals surface area contributed by atoms with Crippen LogP contribution in [0.1, 0.15) is 342 Å². The summed E-state index contributed by atoms with van der Waals surface area (Å²) in [6.07, 6.45) is 34.0. The zero-order valence-electron chi connectivity index (χ0n) is 87.2. The average Bonchev–Trinajstić information content (AvgIpc) is 1.54. The van der Waals surface area contributed by atoms with Crippen LogP contribution in [0.3, 0.4) is 0 Å². The number of sulfone groups is 1. The number of ether oxygens (including phenoxy) is 1. The lowest BCUT2D eigenvalue weighted by atomic mass is 9.43.